The van der Waals surface area contributed by atoms with Crippen molar-refractivity contribution in [2.75, 3.05) is 18.0 Å². The number of rotatable bonds is 5. The Morgan fingerprint density at radius 3 is 2.38 bits per heavy atom. The van der Waals surface area contributed by atoms with Crippen molar-refractivity contribution in [3.05, 3.63) is 95.1 Å². The van der Waals surface area contributed by atoms with Gasteiger partial charge in [-0.15, -0.1) is 0 Å². The van der Waals surface area contributed by atoms with E-state index >= 15 is 0 Å². The quantitative estimate of drug-likeness (QED) is 0.530. The topological polar surface area (TPSA) is 40.5 Å². The van der Waals surface area contributed by atoms with Gasteiger partial charge in [-0.1, -0.05) is 48.5 Å². The molecule has 3 aromatic carbocycles. The molecule has 0 amide bonds. The summed E-state index contributed by atoms with van der Waals surface area (Å²) in [7, 11) is 0. The Balaban J connectivity index is 1.43. The summed E-state index contributed by atoms with van der Waals surface area (Å²) in [6.07, 6.45) is 6.21. The molecular formula is C29H31NO2. The molecule has 0 unspecified atom stereocenters. The lowest BCUT2D eigenvalue weighted by Crippen LogP contribution is -2.34. The van der Waals surface area contributed by atoms with Crippen molar-refractivity contribution in [1.29, 1.82) is 0 Å². The summed E-state index contributed by atoms with van der Waals surface area (Å²) < 4.78 is 0. The lowest BCUT2D eigenvalue weighted by atomic mass is 9.70. The molecule has 0 saturated carbocycles. The number of phenols is 1. The summed E-state index contributed by atoms with van der Waals surface area (Å²) in [4.78, 5) is 13.5. The Hall–Kier alpha value is -3.07. The molecule has 1 saturated heterocycles. The molecule has 1 N–H and O–H groups in total. The molecule has 3 heteroatoms. The molecule has 0 bridgehead atoms. The van der Waals surface area contributed by atoms with Gasteiger partial charge in [0.2, 0.25) is 0 Å². The zero-order valence-corrected chi connectivity index (χ0v) is 18.5. The number of anilines is 1. The second-order valence-corrected chi connectivity index (χ2v) is 9.40. The van der Waals surface area contributed by atoms with Crippen molar-refractivity contribution in [3.8, 4) is 5.75 Å². The van der Waals surface area contributed by atoms with Crippen LogP contribution in [0.1, 0.15) is 47.4 Å². The highest BCUT2D eigenvalue weighted by Crippen LogP contribution is 2.43. The zero-order valence-electron chi connectivity index (χ0n) is 18.5. The highest BCUT2D eigenvalue weighted by atomic mass is 16.3. The molecule has 0 aromatic heterocycles. The molecule has 1 aliphatic heterocycles. The fraction of sp³-hybridized carbons (Fsp3) is 0.345. The van der Waals surface area contributed by atoms with Crippen LogP contribution in [0.5, 0.6) is 5.75 Å². The molecule has 1 aliphatic carbocycles. The molecule has 2 atom stereocenters. The molecule has 164 valence electrons. The highest BCUT2D eigenvalue weighted by molar-refractivity contribution is 5.56. The summed E-state index contributed by atoms with van der Waals surface area (Å²) in [5.41, 5.74) is 6.62. The van der Waals surface area contributed by atoms with Crippen LogP contribution in [0.15, 0.2) is 72.8 Å². The SMILES string of the molecule is O=CC1CCN(c2ccc([C@@H]3c4ccc(O)cc4CC[C@@H]3Cc3ccccc3)cc2)CC1. The van der Waals surface area contributed by atoms with E-state index in [4.69, 9.17) is 0 Å². The van der Waals surface area contributed by atoms with Gasteiger partial charge in [-0.05, 0) is 84.5 Å². The van der Waals surface area contributed by atoms with Crippen molar-refractivity contribution in [2.45, 2.75) is 38.0 Å². The third-order valence-corrected chi connectivity index (χ3v) is 7.41. The predicted octanol–water partition coefficient (Wildman–Crippen LogP) is 5.74. The first kappa shape index (κ1) is 20.8. The summed E-state index contributed by atoms with van der Waals surface area (Å²) in [5.74, 6) is 1.44. The number of aromatic hydroxyl groups is 1. The molecule has 0 radical (unpaired) electrons. The van der Waals surface area contributed by atoms with Gasteiger partial charge in [0.25, 0.3) is 0 Å². The Morgan fingerprint density at radius 1 is 0.906 bits per heavy atom. The summed E-state index contributed by atoms with van der Waals surface area (Å²) in [5, 5.41) is 10.0. The van der Waals surface area contributed by atoms with E-state index in [0.29, 0.717) is 17.6 Å². The fourth-order valence-corrected chi connectivity index (χ4v) is 5.65. The largest absolute Gasteiger partial charge is 0.508 e. The number of carbonyl (C=O) groups is 1. The normalized spacial score (nSPS) is 21.2. The van der Waals surface area contributed by atoms with Crippen LogP contribution in [0.2, 0.25) is 0 Å². The molecular weight excluding hydrogens is 394 g/mol. The number of hydrogen-bond donors (Lipinski definition) is 1. The number of hydrogen-bond acceptors (Lipinski definition) is 3. The van der Waals surface area contributed by atoms with Crippen molar-refractivity contribution in [2.24, 2.45) is 11.8 Å². The maximum atomic E-state index is 11.1. The summed E-state index contributed by atoms with van der Waals surface area (Å²) >= 11 is 0. The van der Waals surface area contributed by atoms with Gasteiger partial charge in [0.15, 0.2) is 0 Å². The summed E-state index contributed by atoms with van der Waals surface area (Å²) in [6, 6.07) is 25.8. The molecule has 1 fully saturated rings. The number of aldehydes is 1. The molecule has 5 rings (SSSR count). The number of fused-ring (bicyclic) bond motifs is 1. The van der Waals surface area contributed by atoms with Crippen LogP contribution in [0.25, 0.3) is 0 Å². The minimum atomic E-state index is 0.222. The van der Waals surface area contributed by atoms with E-state index < -0.39 is 0 Å². The van der Waals surface area contributed by atoms with Crippen molar-refractivity contribution >= 4 is 12.0 Å². The van der Waals surface area contributed by atoms with Gasteiger partial charge in [-0.25, -0.2) is 0 Å². The van der Waals surface area contributed by atoms with Crippen LogP contribution in [0, 0.1) is 11.8 Å². The zero-order chi connectivity index (χ0) is 21.9. The van der Waals surface area contributed by atoms with Gasteiger partial charge in [0.05, 0.1) is 0 Å². The number of phenolic OH excluding ortho intramolecular Hbond substituents is 1. The van der Waals surface area contributed by atoms with Gasteiger partial charge < -0.3 is 14.8 Å². The Bertz CT molecular complexity index is 1050. The van der Waals surface area contributed by atoms with Gasteiger partial charge in [-0.2, -0.15) is 0 Å². The van der Waals surface area contributed by atoms with Crippen molar-refractivity contribution < 1.29 is 9.90 Å². The van der Waals surface area contributed by atoms with E-state index in [9.17, 15) is 9.90 Å². The third-order valence-electron chi connectivity index (χ3n) is 7.41. The predicted molar refractivity (Wildman–Crippen MR) is 129 cm³/mol. The number of aryl methyl sites for hydroxylation is 1. The monoisotopic (exact) mass is 425 g/mol. The Kier molecular flexibility index (Phi) is 5.98. The third kappa shape index (κ3) is 4.29. The minimum absolute atomic E-state index is 0.222. The van der Waals surface area contributed by atoms with Crippen LogP contribution < -0.4 is 4.90 Å². The molecule has 3 aromatic rings. The average molecular weight is 426 g/mol. The number of nitrogens with zero attached hydrogens (tertiary/aromatic N) is 1. The average Bonchev–Trinajstić information content (AvgIpc) is 2.85. The number of carbonyl (C=O) groups excluding carboxylic acids is 1. The Labute approximate surface area is 190 Å². The molecule has 0 spiro atoms. The van der Waals surface area contributed by atoms with Gasteiger partial charge in [0, 0.05) is 30.6 Å². The molecule has 3 nitrogen and oxygen atoms in total. The van der Waals surface area contributed by atoms with E-state index in [0.717, 1.165) is 51.5 Å². The maximum absolute atomic E-state index is 11.1. The second-order valence-electron chi connectivity index (χ2n) is 9.40. The number of benzene rings is 3. The number of piperidine rings is 1. The first-order valence-corrected chi connectivity index (χ1v) is 11.9. The van der Waals surface area contributed by atoms with E-state index in [-0.39, 0.29) is 5.92 Å². The highest BCUT2D eigenvalue weighted by Gasteiger charge is 2.31. The molecule has 1 heterocycles. The standard InChI is InChI=1S/C29H31NO2/c31-20-22-14-16-30(17-15-22)26-10-8-23(9-11-26)29-25(18-21-4-2-1-3-5-21)7-6-24-19-27(32)12-13-28(24)29/h1-5,8-13,19-20,22,25,29,32H,6-7,14-18H2/t25-,29+/m1/s1. The van der Waals surface area contributed by atoms with Crippen LogP contribution in [-0.4, -0.2) is 24.5 Å². The fourth-order valence-electron chi connectivity index (χ4n) is 5.65. The van der Waals surface area contributed by atoms with Gasteiger partial charge in [-0.3, -0.25) is 0 Å². The first-order valence-electron chi connectivity index (χ1n) is 11.9. The lowest BCUT2D eigenvalue weighted by molar-refractivity contribution is -0.111. The van der Waals surface area contributed by atoms with Crippen LogP contribution in [0.4, 0.5) is 5.69 Å². The summed E-state index contributed by atoms with van der Waals surface area (Å²) in [6.45, 7) is 1.90. The molecule has 32 heavy (non-hydrogen) atoms. The van der Waals surface area contributed by atoms with E-state index in [1.807, 2.05) is 12.1 Å². The van der Waals surface area contributed by atoms with Crippen molar-refractivity contribution in [3.63, 3.8) is 0 Å². The van der Waals surface area contributed by atoms with E-state index in [2.05, 4.69) is 65.6 Å². The van der Waals surface area contributed by atoms with E-state index in [1.54, 1.807) is 0 Å². The maximum Gasteiger partial charge on any atom is 0.123 e. The van der Waals surface area contributed by atoms with E-state index in [1.165, 1.54) is 27.9 Å². The lowest BCUT2D eigenvalue weighted by Gasteiger charge is -2.35. The van der Waals surface area contributed by atoms with Crippen LogP contribution in [0.3, 0.4) is 0 Å². The van der Waals surface area contributed by atoms with Crippen molar-refractivity contribution in [1.82, 2.24) is 0 Å². The minimum Gasteiger partial charge on any atom is -0.508 e. The Morgan fingerprint density at radius 2 is 1.66 bits per heavy atom. The van der Waals surface area contributed by atoms with Gasteiger partial charge >= 0.3 is 0 Å². The van der Waals surface area contributed by atoms with Gasteiger partial charge in [0.1, 0.15) is 12.0 Å². The van der Waals surface area contributed by atoms with Crippen LogP contribution >= 0.6 is 0 Å². The van der Waals surface area contributed by atoms with Crippen LogP contribution in [-0.2, 0) is 17.6 Å². The smallest absolute Gasteiger partial charge is 0.123 e. The second kappa shape index (κ2) is 9.20. The molecule has 2 aliphatic rings. The first-order chi connectivity index (χ1) is 15.7.